The number of terminal acetylenes is 1. The van der Waals surface area contributed by atoms with Crippen molar-refractivity contribution in [1.29, 1.82) is 0 Å². The molecule has 2 aromatic rings. The molecule has 1 saturated carbocycles. The molecule has 0 bridgehead atoms. The first-order valence-electron chi connectivity index (χ1n) is 9.86. The summed E-state index contributed by atoms with van der Waals surface area (Å²) in [5.74, 6) is 0. The second-order valence-corrected chi connectivity index (χ2v) is 7.42. The van der Waals surface area contributed by atoms with Crippen LogP contribution in [0.2, 0.25) is 5.02 Å². The van der Waals surface area contributed by atoms with Crippen molar-refractivity contribution in [1.82, 2.24) is 4.98 Å². The van der Waals surface area contributed by atoms with Gasteiger partial charge in [-0.15, -0.1) is 18.9 Å². The molecule has 0 aliphatic heterocycles. The quantitative estimate of drug-likeness (QED) is 0.221. The van der Waals surface area contributed by atoms with Gasteiger partial charge in [0, 0.05) is 37.7 Å². The van der Waals surface area contributed by atoms with Gasteiger partial charge in [-0.25, -0.2) is 0 Å². The predicted octanol–water partition coefficient (Wildman–Crippen LogP) is 8.08. The smallest absolute Gasteiger partial charge is 0.0752 e. The Bertz CT molecular complexity index is 763. The molecule has 0 amide bonds. The summed E-state index contributed by atoms with van der Waals surface area (Å²) < 4.78 is 0. The molecule has 33 heavy (non-hydrogen) atoms. The molecule has 0 unspecified atom stereocenters. The van der Waals surface area contributed by atoms with E-state index in [1.165, 1.54) is 25.7 Å². The van der Waals surface area contributed by atoms with Crippen LogP contribution in [-0.2, 0) is 21.1 Å². The Balaban J connectivity index is -0.0000000924. The summed E-state index contributed by atoms with van der Waals surface area (Å²) in [6, 6.07) is 6.01. The molecule has 1 aliphatic rings. The van der Waals surface area contributed by atoms with E-state index in [0.29, 0.717) is 0 Å². The van der Waals surface area contributed by atoms with Crippen molar-refractivity contribution in [3.05, 3.63) is 67.2 Å². The van der Waals surface area contributed by atoms with Crippen LogP contribution >= 0.6 is 23.2 Å². The number of rotatable bonds is 1. The number of hydrogen-bond acceptors (Lipinski definition) is 1. The number of benzene rings is 1. The van der Waals surface area contributed by atoms with Crippen molar-refractivity contribution in [2.24, 2.45) is 0 Å². The standard InChI is InChI=1S/C13H11Cl2N.C6H12N.C3H8.C2H2.2CH3.2H2O.Pt/c1-3-11(14)9-4-5-10-12(15)6-7-16-13(10)8(9)2;7-6-4-2-1-3-5-6;1-3-2;1-2;;;;;/h3-7H,1-2H3;6-7H,1-5H2;3H2,1-2H3;1-2H;2*1H3;2*1H2;/q;-1;;;2*-1;;;/b11-3+;;;;;;;;. The summed E-state index contributed by atoms with van der Waals surface area (Å²) in [6.07, 6.45) is 19.1. The molecule has 196 valence electrons. The van der Waals surface area contributed by atoms with E-state index in [1.807, 2.05) is 32.1 Å². The summed E-state index contributed by atoms with van der Waals surface area (Å²) in [5, 5.41) is 2.42. The summed E-state index contributed by atoms with van der Waals surface area (Å²) in [5.41, 5.74) is 10.2. The van der Waals surface area contributed by atoms with Crippen LogP contribution in [0.4, 0.5) is 0 Å². The molecule has 1 fully saturated rings. The van der Waals surface area contributed by atoms with Gasteiger partial charge < -0.3 is 31.5 Å². The first-order valence-corrected chi connectivity index (χ1v) is 10.6. The number of aromatic nitrogens is 1. The largest absolute Gasteiger partial charge is 0.675 e. The molecule has 0 atom stereocenters. The van der Waals surface area contributed by atoms with Gasteiger partial charge in [0.15, 0.2) is 0 Å². The van der Waals surface area contributed by atoms with Gasteiger partial charge in [0.1, 0.15) is 0 Å². The first-order chi connectivity index (χ1) is 13.5. The molecular formula is C26H43Cl2N2O2Pt-3. The van der Waals surface area contributed by atoms with Gasteiger partial charge in [-0.1, -0.05) is 93.8 Å². The zero-order chi connectivity index (χ0) is 21.5. The fourth-order valence-electron chi connectivity index (χ4n) is 2.84. The summed E-state index contributed by atoms with van der Waals surface area (Å²) >= 11 is 12.2. The SMILES string of the molecule is C#C.C/C=C(/Cl)c1ccc2c(Cl)ccnc2c1C.CCC.O.O.[CH3-].[CH3-].[NH-]C1CCCCC1.[Pt]. The molecule has 0 spiro atoms. The maximum atomic E-state index is 7.27. The number of nitrogens with one attached hydrogen (secondary N) is 1. The molecular weight excluding hydrogens is 638 g/mol. The number of aryl methyl sites for hydroxylation is 1. The Labute approximate surface area is 227 Å². The minimum Gasteiger partial charge on any atom is -0.675 e. The normalized spacial score (nSPS) is 11.8. The fourth-order valence-corrected chi connectivity index (χ4v) is 3.26. The average Bonchev–Trinajstić information content (AvgIpc) is 2.71. The third-order valence-electron chi connectivity index (χ3n) is 4.23. The number of pyridine rings is 1. The zero-order valence-corrected chi connectivity index (χ0v) is 24.7. The van der Waals surface area contributed by atoms with Crippen molar-refractivity contribution in [3.63, 3.8) is 0 Å². The van der Waals surface area contributed by atoms with Crippen molar-refractivity contribution >= 4 is 39.1 Å². The van der Waals surface area contributed by atoms with Crippen molar-refractivity contribution in [2.45, 2.75) is 72.3 Å². The van der Waals surface area contributed by atoms with Crippen LogP contribution in [0.1, 0.15) is 70.4 Å². The molecule has 1 heterocycles. The van der Waals surface area contributed by atoms with Crippen molar-refractivity contribution < 1.29 is 32.0 Å². The number of fused-ring (bicyclic) bond motifs is 1. The summed E-state index contributed by atoms with van der Waals surface area (Å²) in [6.45, 7) is 8.17. The molecule has 1 aromatic carbocycles. The molecule has 1 aromatic heterocycles. The topological polar surface area (TPSA) is 99.7 Å². The van der Waals surface area contributed by atoms with Gasteiger partial charge >= 0.3 is 0 Å². The molecule has 1 aliphatic carbocycles. The summed E-state index contributed by atoms with van der Waals surface area (Å²) in [7, 11) is 0. The van der Waals surface area contributed by atoms with Crippen LogP contribution in [0, 0.1) is 34.6 Å². The van der Waals surface area contributed by atoms with Crippen LogP contribution in [-0.4, -0.2) is 22.0 Å². The molecule has 3 rings (SSSR count). The minimum atomic E-state index is 0. The molecule has 7 heteroatoms. The maximum Gasteiger partial charge on any atom is 0.0752 e. The molecule has 0 radical (unpaired) electrons. The van der Waals surface area contributed by atoms with Gasteiger partial charge in [0.25, 0.3) is 0 Å². The Hall–Kier alpha value is -0.922. The van der Waals surface area contributed by atoms with Crippen LogP contribution in [0.15, 0.2) is 30.5 Å². The Morgan fingerprint density at radius 1 is 1.09 bits per heavy atom. The Morgan fingerprint density at radius 3 is 1.97 bits per heavy atom. The van der Waals surface area contributed by atoms with Crippen LogP contribution < -0.4 is 0 Å². The summed E-state index contributed by atoms with van der Waals surface area (Å²) in [4.78, 5) is 4.35. The van der Waals surface area contributed by atoms with Crippen LogP contribution in [0.3, 0.4) is 0 Å². The number of hydrogen-bond donors (Lipinski definition) is 0. The van der Waals surface area contributed by atoms with E-state index in [1.54, 1.807) is 12.3 Å². The van der Waals surface area contributed by atoms with E-state index in [0.717, 1.165) is 44.9 Å². The van der Waals surface area contributed by atoms with Crippen molar-refractivity contribution in [2.75, 3.05) is 0 Å². The second-order valence-electron chi connectivity index (χ2n) is 6.61. The van der Waals surface area contributed by atoms with Crippen LogP contribution in [0.5, 0.6) is 0 Å². The van der Waals surface area contributed by atoms with E-state index in [9.17, 15) is 0 Å². The monoisotopic (exact) mass is 680 g/mol. The van der Waals surface area contributed by atoms with E-state index in [2.05, 4.69) is 31.7 Å². The molecule has 5 N–H and O–H groups in total. The zero-order valence-electron chi connectivity index (χ0n) is 20.9. The van der Waals surface area contributed by atoms with Gasteiger partial charge in [-0.3, -0.25) is 4.98 Å². The third kappa shape index (κ3) is 16.4. The van der Waals surface area contributed by atoms with E-state index >= 15 is 0 Å². The van der Waals surface area contributed by atoms with E-state index in [-0.39, 0.29) is 52.9 Å². The predicted molar refractivity (Wildman–Crippen MR) is 148 cm³/mol. The number of halogens is 2. The van der Waals surface area contributed by atoms with E-state index in [4.69, 9.17) is 28.9 Å². The Morgan fingerprint density at radius 2 is 1.58 bits per heavy atom. The third-order valence-corrected chi connectivity index (χ3v) is 4.98. The number of allylic oxidation sites excluding steroid dienone is 1. The minimum absolute atomic E-state index is 0. The average molecular weight is 682 g/mol. The second kappa shape index (κ2) is 27.3. The van der Waals surface area contributed by atoms with E-state index < -0.39 is 0 Å². The first kappa shape index (κ1) is 45.6. The molecule has 0 saturated heterocycles. The van der Waals surface area contributed by atoms with Gasteiger partial charge in [0.05, 0.1) is 10.5 Å². The number of nitrogens with zero attached hydrogens (tertiary/aromatic N) is 1. The molecule has 4 nitrogen and oxygen atoms in total. The van der Waals surface area contributed by atoms with Gasteiger partial charge in [-0.05, 0) is 31.0 Å². The maximum absolute atomic E-state index is 7.27. The van der Waals surface area contributed by atoms with Crippen molar-refractivity contribution in [3.8, 4) is 12.8 Å². The Kier molecular flexibility index (Phi) is 37.7. The van der Waals surface area contributed by atoms with Crippen LogP contribution in [0.25, 0.3) is 21.7 Å². The van der Waals surface area contributed by atoms with Gasteiger partial charge in [0.2, 0.25) is 0 Å². The van der Waals surface area contributed by atoms with Gasteiger partial charge in [-0.2, -0.15) is 0 Å². The fraction of sp³-hybridized carbons (Fsp3) is 0.423.